The lowest BCUT2D eigenvalue weighted by Crippen LogP contribution is -2.50. The van der Waals surface area contributed by atoms with Gasteiger partial charge in [-0.3, -0.25) is 10.00 Å². The Morgan fingerprint density at radius 3 is 2.56 bits per heavy atom. The second-order valence-electron chi connectivity index (χ2n) is 6.33. The molecule has 1 unspecified atom stereocenters. The molecule has 0 spiro atoms. The smallest absolute Gasteiger partial charge is 0.0518 e. The number of likely N-dealkylation sites (tertiary alicyclic amines) is 1. The number of H-pyrrole nitrogens is 1. The number of aromatic nitrogens is 2. The molecule has 1 atom stereocenters. The van der Waals surface area contributed by atoms with E-state index in [1.54, 1.807) is 0 Å². The van der Waals surface area contributed by atoms with E-state index in [1.807, 2.05) is 12.3 Å². The van der Waals surface area contributed by atoms with Crippen molar-refractivity contribution in [2.75, 3.05) is 13.1 Å². The third-order valence-electron chi connectivity index (χ3n) is 3.92. The van der Waals surface area contributed by atoms with Gasteiger partial charge in [0.25, 0.3) is 0 Å². The van der Waals surface area contributed by atoms with Crippen LogP contribution in [0.25, 0.3) is 0 Å². The van der Waals surface area contributed by atoms with Gasteiger partial charge in [0.2, 0.25) is 0 Å². The molecule has 1 aromatic rings. The molecule has 2 rings (SSSR count). The minimum atomic E-state index is 0.306. The zero-order chi connectivity index (χ0) is 13.2. The Kier molecular flexibility index (Phi) is 4.07. The molecule has 2 N–H and O–H groups in total. The summed E-state index contributed by atoms with van der Waals surface area (Å²) in [4.78, 5) is 2.58. The van der Waals surface area contributed by atoms with Crippen LogP contribution < -0.4 is 5.32 Å². The molecule has 0 bridgehead atoms. The topological polar surface area (TPSA) is 44.0 Å². The molecule has 4 nitrogen and oxygen atoms in total. The van der Waals surface area contributed by atoms with Crippen molar-refractivity contribution >= 4 is 0 Å². The summed E-state index contributed by atoms with van der Waals surface area (Å²) in [6.45, 7) is 11.5. The summed E-state index contributed by atoms with van der Waals surface area (Å²) in [5.41, 5.74) is 1.48. The predicted molar refractivity (Wildman–Crippen MR) is 74.5 cm³/mol. The zero-order valence-electron chi connectivity index (χ0n) is 12.0. The van der Waals surface area contributed by atoms with Crippen LogP contribution in [0.3, 0.4) is 0 Å². The minimum Gasteiger partial charge on any atom is -0.306 e. The third-order valence-corrected chi connectivity index (χ3v) is 3.92. The first kappa shape index (κ1) is 13.6. The van der Waals surface area contributed by atoms with E-state index in [0.717, 1.165) is 0 Å². The molecule has 102 valence electrons. The monoisotopic (exact) mass is 250 g/mol. The number of hydrogen-bond acceptors (Lipinski definition) is 3. The molecule has 1 aromatic heterocycles. The van der Waals surface area contributed by atoms with Gasteiger partial charge in [-0.1, -0.05) is 0 Å². The van der Waals surface area contributed by atoms with Crippen molar-refractivity contribution in [1.29, 1.82) is 0 Å². The summed E-state index contributed by atoms with van der Waals surface area (Å²) in [6.07, 6.45) is 4.28. The van der Waals surface area contributed by atoms with Gasteiger partial charge < -0.3 is 5.32 Å². The average molecular weight is 250 g/mol. The molecule has 0 amide bonds. The summed E-state index contributed by atoms with van der Waals surface area (Å²) in [5, 5.41) is 10.7. The summed E-state index contributed by atoms with van der Waals surface area (Å²) in [7, 11) is 0. The van der Waals surface area contributed by atoms with Gasteiger partial charge in [-0.25, -0.2) is 0 Å². The fraction of sp³-hybridized carbons (Fsp3) is 0.786. The molecule has 1 fully saturated rings. The summed E-state index contributed by atoms with van der Waals surface area (Å²) in [5.74, 6) is 0. The summed E-state index contributed by atoms with van der Waals surface area (Å²) in [6, 6.07) is 3.03. The first-order chi connectivity index (χ1) is 8.47. The van der Waals surface area contributed by atoms with E-state index in [-0.39, 0.29) is 0 Å². The first-order valence-electron chi connectivity index (χ1n) is 6.97. The molecule has 0 saturated carbocycles. The minimum absolute atomic E-state index is 0.306. The Labute approximate surface area is 110 Å². The van der Waals surface area contributed by atoms with Crippen LogP contribution in [0, 0.1) is 0 Å². The number of piperidine rings is 1. The fourth-order valence-electron chi connectivity index (χ4n) is 2.67. The van der Waals surface area contributed by atoms with Crippen molar-refractivity contribution < 1.29 is 0 Å². The highest BCUT2D eigenvalue weighted by molar-refractivity contribution is 5.03. The molecular weight excluding hydrogens is 224 g/mol. The Morgan fingerprint density at radius 1 is 1.39 bits per heavy atom. The van der Waals surface area contributed by atoms with E-state index in [1.165, 1.54) is 31.6 Å². The van der Waals surface area contributed by atoms with E-state index >= 15 is 0 Å². The van der Waals surface area contributed by atoms with Crippen molar-refractivity contribution in [3.63, 3.8) is 0 Å². The molecule has 1 aliphatic rings. The Morgan fingerprint density at radius 2 is 2.06 bits per heavy atom. The van der Waals surface area contributed by atoms with E-state index < -0.39 is 0 Å². The number of nitrogens with one attached hydrogen (secondary N) is 2. The van der Waals surface area contributed by atoms with Gasteiger partial charge in [0.05, 0.1) is 5.69 Å². The van der Waals surface area contributed by atoms with Crippen molar-refractivity contribution in [2.24, 2.45) is 0 Å². The Hall–Kier alpha value is -0.870. The highest BCUT2D eigenvalue weighted by atomic mass is 15.2. The normalized spacial score (nSPS) is 21.1. The van der Waals surface area contributed by atoms with Crippen LogP contribution in [-0.4, -0.2) is 39.8 Å². The number of rotatable bonds is 3. The number of hydrogen-bond donors (Lipinski definition) is 2. The van der Waals surface area contributed by atoms with Crippen LogP contribution in [0.1, 0.15) is 52.3 Å². The lowest BCUT2D eigenvalue weighted by molar-refractivity contribution is 0.0941. The average Bonchev–Trinajstić information content (AvgIpc) is 2.82. The van der Waals surface area contributed by atoms with Gasteiger partial charge >= 0.3 is 0 Å². The van der Waals surface area contributed by atoms with Gasteiger partial charge in [-0.05, 0) is 46.6 Å². The van der Waals surface area contributed by atoms with Crippen LogP contribution >= 0.6 is 0 Å². The van der Waals surface area contributed by atoms with Gasteiger partial charge in [-0.15, -0.1) is 0 Å². The van der Waals surface area contributed by atoms with E-state index in [0.29, 0.717) is 17.6 Å². The second-order valence-corrected chi connectivity index (χ2v) is 6.33. The lowest BCUT2D eigenvalue weighted by atomic mass is 9.97. The van der Waals surface area contributed by atoms with Crippen LogP contribution in [0.4, 0.5) is 0 Å². The van der Waals surface area contributed by atoms with Gasteiger partial charge in [0.15, 0.2) is 0 Å². The molecule has 18 heavy (non-hydrogen) atoms. The molecule has 1 aliphatic heterocycles. The maximum atomic E-state index is 4.01. The molecule has 1 saturated heterocycles. The molecule has 2 heterocycles. The van der Waals surface area contributed by atoms with Crippen molar-refractivity contribution in [2.45, 2.75) is 58.2 Å². The fourth-order valence-corrected chi connectivity index (χ4v) is 2.67. The van der Waals surface area contributed by atoms with E-state index in [2.05, 4.69) is 48.1 Å². The molecule has 0 aromatic carbocycles. The maximum Gasteiger partial charge on any atom is 0.0518 e. The zero-order valence-corrected chi connectivity index (χ0v) is 12.0. The Balaban J connectivity index is 1.80. The van der Waals surface area contributed by atoms with Gasteiger partial charge in [-0.2, -0.15) is 5.10 Å². The highest BCUT2D eigenvalue weighted by Gasteiger charge is 2.27. The highest BCUT2D eigenvalue weighted by Crippen LogP contribution is 2.21. The molecule has 0 aliphatic carbocycles. The lowest BCUT2D eigenvalue weighted by Gasteiger charge is -2.41. The van der Waals surface area contributed by atoms with Crippen molar-refractivity contribution in [1.82, 2.24) is 20.4 Å². The van der Waals surface area contributed by atoms with Gasteiger partial charge in [0.1, 0.15) is 0 Å². The first-order valence-corrected chi connectivity index (χ1v) is 6.97. The summed E-state index contributed by atoms with van der Waals surface area (Å²) < 4.78 is 0. The Bertz CT molecular complexity index is 344. The standard InChI is InChI=1S/C14H26N4/c1-11(13-5-8-15-17-13)16-12-6-9-18(10-7-12)14(2,3)4/h5,8,11-12,16H,6-7,9-10H2,1-4H3,(H,15,17). The maximum absolute atomic E-state index is 4.01. The third kappa shape index (κ3) is 3.33. The van der Waals surface area contributed by atoms with Crippen LogP contribution in [0.15, 0.2) is 12.3 Å². The van der Waals surface area contributed by atoms with E-state index in [9.17, 15) is 0 Å². The van der Waals surface area contributed by atoms with Crippen LogP contribution in [0.5, 0.6) is 0 Å². The predicted octanol–water partition coefficient (Wildman–Crippen LogP) is 2.32. The SMILES string of the molecule is CC(NC1CCN(C(C)(C)C)CC1)c1ccn[nH]1. The van der Waals surface area contributed by atoms with Crippen LogP contribution in [-0.2, 0) is 0 Å². The molecule has 4 heteroatoms. The number of nitrogens with zero attached hydrogens (tertiary/aromatic N) is 2. The van der Waals surface area contributed by atoms with Crippen molar-refractivity contribution in [3.8, 4) is 0 Å². The summed E-state index contributed by atoms with van der Waals surface area (Å²) >= 11 is 0. The number of aromatic amines is 1. The van der Waals surface area contributed by atoms with Gasteiger partial charge in [0, 0.05) is 36.9 Å². The second kappa shape index (κ2) is 5.41. The quantitative estimate of drug-likeness (QED) is 0.865. The molecular formula is C14H26N4. The van der Waals surface area contributed by atoms with Crippen LogP contribution in [0.2, 0.25) is 0 Å². The van der Waals surface area contributed by atoms with E-state index in [4.69, 9.17) is 0 Å². The van der Waals surface area contributed by atoms with Crippen molar-refractivity contribution in [3.05, 3.63) is 18.0 Å². The molecule has 0 radical (unpaired) electrons. The largest absolute Gasteiger partial charge is 0.306 e.